The van der Waals surface area contributed by atoms with Crippen molar-refractivity contribution in [1.29, 1.82) is 0 Å². The number of carbonyl (C=O) groups is 5. The number of nitrogens with zero attached hydrogens (tertiary/aromatic N) is 2. The van der Waals surface area contributed by atoms with Gasteiger partial charge >= 0.3 is 0 Å². The number of aromatic nitrogens is 1. The van der Waals surface area contributed by atoms with E-state index in [1.807, 2.05) is 26.2 Å². The molecule has 3 heterocycles. The highest BCUT2D eigenvalue weighted by Gasteiger charge is 2.37. The number of ether oxygens (including phenoxy) is 1. The van der Waals surface area contributed by atoms with Gasteiger partial charge in [0.25, 0.3) is 5.91 Å². The van der Waals surface area contributed by atoms with Crippen molar-refractivity contribution in [3.8, 4) is 5.75 Å². The molecule has 2 aliphatic rings. The van der Waals surface area contributed by atoms with E-state index in [0.29, 0.717) is 44.5 Å². The van der Waals surface area contributed by atoms with Crippen LogP contribution in [0.2, 0.25) is 0 Å². The normalized spacial score (nSPS) is 23.5. The van der Waals surface area contributed by atoms with Gasteiger partial charge in [0.15, 0.2) is 0 Å². The molecule has 0 unspecified atom stereocenters. The second kappa shape index (κ2) is 15.8. The highest BCUT2D eigenvalue weighted by atomic mass is 32.1. The summed E-state index contributed by atoms with van der Waals surface area (Å²) in [5, 5.41) is 14.4. The summed E-state index contributed by atoms with van der Waals surface area (Å²) in [7, 11) is 0. The Hall–Kier alpha value is -4.00. The number of fused-ring (bicyclic) bond motifs is 2. The molecule has 4 N–H and O–H groups in total. The first-order valence-electron chi connectivity index (χ1n) is 15.6. The van der Waals surface area contributed by atoms with Gasteiger partial charge in [0.1, 0.15) is 30.5 Å². The number of nitrogens with one attached hydrogen (secondary N) is 4. The van der Waals surface area contributed by atoms with Gasteiger partial charge in [-0.15, -0.1) is 11.3 Å². The van der Waals surface area contributed by atoms with Gasteiger partial charge in [-0.3, -0.25) is 24.0 Å². The van der Waals surface area contributed by atoms with E-state index >= 15 is 0 Å². The lowest BCUT2D eigenvalue weighted by Crippen LogP contribution is -2.56. The molecule has 1 saturated heterocycles. The molecule has 0 aliphatic carbocycles. The Morgan fingerprint density at radius 1 is 1.11 bits per heavy atom. The standard InChI is InChI=1S/C32H44N6O6S/c1-19(2)28-32(43)35-20(3)17-44-25-11-6-5-9-22(25)29(40)36-23(30(41)33-15-7-12-26-34-21(4)18-45-26)13-14-27(39)38-16-8-10-24(38)31(42)37-28/h5-6,9,11,18-20,23-24,28H,7-8,10,12-17H2,1-4H3,(H,33,41)(H,35,43)(H,36,40)(H,37,42)/t20-,23-,24-,28+/m0/s1. The Labute approximate surface area is 268 Å². The van der Waals surface area contributed by atoms with E-state index in [1.165, 1.54) is 4.90 Å². The van der Waals surface area contributed by atoms with Crippen LogP contribution in [0.3, 0.4) is 0 Å². The van der Waals surface area contributed by atoms with Gasteiger partial charge in [-0.1, -0.05) is 26.0 Å². The number of aryl methyl sites for hydroxylation is 2. The Morgan fingerprint density at radius 3 is 2.62 bits per heavy atom. The van der Waals surface area contributed by atoms with Crippen LogP contribution in [0.1, 0.15) is 73.9 Å². The van der Waals surface area contributed by atoms with Gasteiger partial charge in [-0.05, 0) is 57.6 Å². The zero-order valence-electron chi connectivity index (χ0n) is 26.4. The minimum atomic E-state index is -0.992. The number of benzene rings is 1. The second-order valence-electron chi connectivity index (χ2n) is 12.0. The van der Waals surface area contributed by atoms with Crippen molar-refractivity contribution in [2.75, 3.05) is 19.7 Å². The highest BCUT2D eigenvalue weighted by Crippen LogP contribution is 2.22. The molecular weight excluding hydrogens is 596 g/mol. The summed E-state index contributed by atoms with van der Waals surface area (Å²) in [4.78, 5) is 72.7. The lowest BCUT2D eigenvalue weighted by atomic mass is 10.0. The lowest BCUT2D eigenvalue weighted by Gasteiger charge is -2.29. The summed E-state index contributed by atoms with van der Waals surface area (Å²) in [6.07, 6.45) is 2.50. The van der Waals surface area contributed by atoms with E-state index in [9.17, 15) is 24.0 Å². The molecular formula is C32H44N6O6S. The fraction of sp³-hybridized carbons (Fsp3) is 0.562. The van der Waals surface area contributed by atoms with Crippen molar-refractivity contribution >= 4 is 40.9 Å². The smallest absolute Gasteiger partial charge is 0.255 e. The van der Waals surface area contributed by atoms with E-state index in [1.54, 1.807) is 42.5 Å². The number of rotatable bonds is 6. The second-order valence-corrected chi connectivity index (χ2v) is 13.0. The van der Waals surface area contributed by atoms with Crippen molar-refractivity contribution in [2.45, 2.75) is 90.4 Å². The Morgan fingerprint density at radius 2 is 1.89 bits per heavy atom. The van der Waals surface area contributed by atoms with Crippen LogP contribution in [-0.4, -0.2) is 83.3 Å². The largest absolute Gasteiger partial charge is 0.491 e. The molecule has 0 bridgehead atoms. The van der Waals surface area contributed by atoms with Crippen molar-refractivity contribution in [2.24, 2.45) is 5.92 Å². The molecule has 2 aliphatic heterocycles. The zero-order chi connectivity index (χ0) is 32.5. The topological polar surface area (TPSA) is 159 Å². The number of thiazole rings is 1. The van der Waals surface area contributed by atoms with Crippen LogP contribution >= 0.6 is 11.3 Å². The van der Waals surface area contributed by atoms with E-state index in [2.05, 4.69) is 26.3 Å². The first-order valence-corrected chi connectivity index (χ1v) is 16.5. The maximum Gasteiger partial charge on any atom is 0.255 e. The fourth-order valence-electron chi connectivity index (χ4n) is 5.50. The van der Waals surface area contributed by atoms with E-state index in [4.69, 9.17) is 4.74 Å². The molecule has 1 aromatic heterocycles. The molecule has 45 heavy (non-hydrogen) atoms. The summed E-state index contributed by atoms with van der Waals surface area (Å²) in [5.41, 5.74) is 1.19. The quantitative estimate of drug-likeness (QED) is 0.352. The first kappa shape index (κ1) is 33.9. The van der Waals surface area contributed by atoms with Crippen LogP contribution in [0.25, 0.3) is 0 Å². The number of para-hydroxylation sites is 1. The minimum absolute atomic E-state index is 0.0456. The maximum absolute atomic E-state index is 13.5. The predicted molar refractivity (Wildman–Crippen MR) is 170 cm³/mol. The average Bonchev–Trinajstić information content (AvgIpc) is 3.67. The third kappa shape index (κ3) is 9.25. The van der Waals surface area contributed by atoms with Gasteiger partial charge in [0, 0.05) is 37.0 Å². The molecule has 0 saturated carbocycles. The molecule has 12 nitrogen and oxygen atoms in total. The molecule has 1 aromatic carbocycles. The third-order valence-electron chi connectivity index (χ3n) is 7.93. The van der Waals surface area contributed by atoms with Crippen LogP contribution < -0.4 is 26.0 Å². The van der Waals surface area contributed by atoms with Crippen molar-refractivity contribution in [3.05, 3.63) is 45.9 Å². The fourth-order valence-corrected chi connectivity index (χ4v) is 6.32. The summed E-state index contributed by atoms with van der Waals surface area (Å²) < 4.78 is 5.94. The van der Waals surface area contributed by atoms with Crippen molar-refractivity contribution in [1.82, 2.24) is 31.2 Å². The molecule has 244 valence electrons. The summed E-state index contributed by atoms with van der Waals surface area (Å²) in [6, 6.07) is 3.71. The molecule has 4 rings (SSSR count). The third-order valence-corrected chi connectivity index (χ3v) is 8.96. The van der Waals surface area contributed by atoms with Crippen LogP contribution in [0, 0.1) is 12.8 Å². The van der Waals surface area contributed by atoms with Gasteiger partial charge in [-0.2, -0.15) is 0 Å². The van der Waals surface area contributed by atoms with Crippen molar-refractivity contribution in [3.63, 3.8) is 0 Å². The summed E-state index contributed by atoms with van der Waals surface area (Å²) in [5.74, 6) is -1.85. The van der Waals surface area contributed by atoms with Crippen LogP contribution in [-0.2, 0) is 25.6 Å². The molecule has 4 atom stereocenters. The summed E-state index contributed by atoms with van der Waals surface area (Å²) in [6.45, 7) is 8.24. The zero-order valence-corrected chi connectivity index (χ0v) is 27.2. The Kier molecular flexibility index (Phi) is 11.9. The molecule has 0 spiro atoms. The van der Waals surface area contributed by atoms with Crippen LogP contribution in [0.4, 0.5) is 0 Å². The molecule has 5 amide bonds. The number of carbonyl (C=O) groups excluding carboxylic acids is 5. The van der Waals surface area contributed by atoms with E-state index < -0.39 is 36.0 Å². The van der Waals surface area contributed by atoms with Gasteiger partial charge < -0.3 is 30.9 Å². The molecule has 2 aromatic rings. The number of amides is 5. The Bertz CT molecular complexity index is 1380. The van der Waals surface area contributed by atoms with Crippen LogP contribution in [0.5, 0.6) is 5.75 Å². The number of hydrogen-bond donors (Lipinski definition) is 4. The monoisotopic (exact) mass is 640 g/mol. The lowest BCUT2D eigenvalue weighted by molar-refractivity contribution is -0.140. The van der Waals surface area contributed by atoms with Crippen LogP contribution in [0.15, 0.2) is 29.6 Å². The summed E-state index contributed by atoms with van der Waals surface area (Å²) >= 11 is 1.58. The molecule has 13 heteroatoms. The SMILES string of the molecule is Cc1csc(CCCNC(=O)[C@@H]2CCC(=O)N3CCC[C@H]3C(=O)N[C@H](C(C)C)C(=O)N[C@@H](C)COc3ccccc3C(=O)N2)n1. The van der Waals surface area contributed by atoms with E-state index in [-0.39, 0.29) is 48.7 Å². The first-order chi connectivity index (χ1) is 21.5. The maximum atomic E-state index is 13.5. The van der Waals surface area contributed by atoms with Crippen molar-refractivity contribution < 1.29 is 28.7 Å². The molecule has 1 fully saturated rings. The van der Waals surface area contributed by atoms with E-state index in [0.717, 1.165) is 10.7 Å². The minimum Gasteiger partial charge on any atom is -0.491 e. The molecule has 0 radical (unpaired) electrons. The van der Waals surface area contributed by atoms with Gasteiger partial charge in [0.2, 0.25) is 23.6 Å². The Balaban J connectivity index is 1.54. The number of hydrogen-bond acceptors (Lipinski definition) is 8. The predicted octanol–water partition coefficient (Wildman–Crippen LogP) is 2.11. The van der Waals surface area contributed by atoms with Gasteiger partial charge in [-0.25, -0.2) is 4.98 Å². The highest BCUT2D eigenvalue weighted by molar-refractivity contribution is 7.09. The van der Waals surface area contributed by atoms with Gasteiger partial charge in [0.05, 0.1) is 16.6 Å². The average molecular weight is 641 g/mol.